The van der Waals surface area contributed by atoms with E-state index in [9.17, 15) is 13.2 Å². The van der Waals surface area contributed by atoms with Crippen LogP contribution in [0.4, 0.5) is 13.2 Å². The van der Waals surface area contributed by atoms with Gasteiger partial charge in [-0.05, 0) is 30.2 Å². The van der Waals surface area contributed by atoms with Crippen molar-refractivity contribution in [2.24, 2.45) is 0 Å². The summed E-state index contributed by atoms with van der Waals surface area (Å²) in [6.45, 7) is 5.57. The summed E-state index contributed by atoms with van der Waals surface area (Å²) in [5.74, 6) is 0. The first kappa shape index (κ1) is 19.7. The maximum Gasteiger partial charge on any atom is 0.416 e. The van der Waals surface area contributed by atoms with Gasteiger partial charge in [0, 0.05) is 36.7 Å². The van der Waals surface area contributed by atoms with Gasteiger partial charge in [0.1, 0.15) is 0 Å². The van der Waals surface area contributed by atoms with Gasteiger partial charge in [-0.1, -0.05) is 29.3 Å². The fourth-order valence-corrected chi connectivity index (χ4v) is 3.29. The van der Waals surface area contributed by atoms with E-state index in [1.807, 2.05) is 0 Å². The number of hydrogen-bond acceptors (Lipinski definition) is 2. The Bertz CT molecular complexity index is 476. The molecule has 0 aliphatic carbocycles. The van der Waals surface area contributed by atoms with Crippen molar-refractivity contribution in [3.63, 3.8) is 0 Å². The van der Waals surface area contributed by atoms with E-state index in [0.29, 0.717) is 0 Å². The third-order valence-electron chi connectivity index (χ3n) is 3.84. The summed E-state index contributed by atoms with van der Waals surface area (Å²) in [5, 5.41) is 3.28. The van der Waals surface area contributed by atoms with Gasteiger partial charge < -0.3 is 5.32 Å². The Morgan fingerprint density at radius 2 is 1.91 bits per heavy atom. The van der Waals surface area contributed by atoms with Crippen LogP contribution >= 0.6 is 28.3 Å². The lowest BCUT2D eigenvalue weighted by Gasteiger charge is -2.36. The van der Waals surface area contributed by atoms with Gasteiger partial charge in [0.2, 0.25) is 0 Å². The third-order valence-corrected chi connectivity index (χ3v) is 4.56. The third kappa shape index (κ3) is 4.85. The molecule has 22 heavy (non-hydrogen) atoms. The zero-order valence-electron chi connectivity index (χ0n) is 12.4. The molecule has 2 nitrogen and oxygen atoms in total. The maximum absolute atomic E-state index is 13.0. The van der Waals surface area contributed by atoms with Crippen LogP contribution in [0.15, 0.2) is 22.7 Å². The lowest BCUT2D eigenvalue weighted by Crippen LogP contribution is -2.45. The monoisotopic (exact) mass is 400 g/mol. The molecule has 0 saturated carbocycles. The van der Waals surface area contributed by atoms with Gasteiger partial charge in [-0.15, -0.1) is 12.4 Å². The summed E-state index contributed by atoms with van der Waals surface area (Å²) in [6.07, 6.45) is -2.49. The highest BCUT2D eigenvalue weighted by Crippen LogP contribution is 2.37. The van der Waals surface area contributed by atoms with Gasteiger partial charge in [0.15, 0.2) is 0 Å². The maximum atomic E-state index is 13.0. The first-order valence-corrected chi connectivity index (χ1v) is 8.04. The van der Waals surface area contributed by atoms with Crippen LogP contribution in [0.5, 0.6) is 0 Å². The normalized spacial score (nSPS) is 17.9. The summed E-state index contributed by atoms with van der Waals surface area (Å²) in [6, 6.07) is 3.98. The van der Waals surface area contributed by atoms with Crippen LogP contribution in [-0.4, -0.2) is 31.1 Å². The van der Waals surface area contributed by atoms with Crippen LogP contribution in [0.25, 0.3) is 0 Å². The topological polar surface area (TPSA) is 15.3 Å². The number of alkyl halides is 3. The van der Waals surface area contributed by atoms with E-state index < -0.39 is 11.7 Å². The van der Waals surface area contributed by atoms with Gasteiger partial charge in [-0.3, -0.25) is 4.90 Å². The Morgan fingerprint density at radius 1 is 1.27 bits per heavy atom. The Morgan fingerprint density at radius 3 is 2.45 bits per heavy atom. The number of halogens is 5. The van der Waals surface area contributed by atoms with Crippen LogP contribution in [0, 0.1) is 0 Å². The number of nitrogens with one attached hydrogen (secondary N) is 1. The molecule has 1 heterocycles. The predicted octanol–water partition coefficient (Wildman–Crippen LogP) is 4.64. The molecule has 1 aliphatic rings. The lowest BCUT2D eigenvalue weighted by molar-refractivity contribution is -0.137. The average Bonchev–Trinajstić information content (AvgIpc) is 2.45. The molecule has 0 aromatic heterocycles. The highest BCUT2D eigenvalue weighted by Gasteiger charge is 2.32. The van der Waals surface area contributed by atoms with Crippen molar-refractivity contribution in [1.29, 1.82) is 0 Å². The minimum absolute atomic E-state index is 0. The molecule has 126 valence electrons. The van der Waals surface area contributed by atoms with Crippen molar-refractivity contribution < 1.29 is 13.2 Å². The van der Waals surface area contributed by atoms with Crippen molar-refractivity contribution in [2.75, 3.05) is 26.2 Å². The van der Waals surface area contributed by atoms with E-state index in [-0.39, 0.29) is 18.4 Å². The highest BCUT2D eigenvalue weighted by atomic mass is 79.9. The molecule has 1 fully saturated rings. The minimum Gasteiger partial charge on any atom is -0.314 e. The second kappa shape index (κ2) is 8.52. The molecule has 1 N–H and O–H groups in total. The van der Waals surface area contributed by atoms with Crippen molar-refractivity contribution in [3.8, 4) is 0 Å². The van der Waals surface area contributed by atoms with Crippen molar-refractivity contribution in [2.45, 2.75) is 32.0 Å². The van der Waals surface area contributed by atoms with Gasteiger partial charge >= 0.3 is 6.18 Å². The van der Waals surface area contributed by atoms with Crippen molar-refractivity contribution >= 4 is 28.3 Å². The highest BCUT2D eigenvalue weighted by molar-refractivity contribution is 9.10. The molecular formula is C15H21BrClF3N2. The molecule has 1 atom stereocenters. The number of piperazine rings is 1. The molecule has 0 amide bonds. The lowest BCUT2D eigenvalue weighted by atomic mass is 9.98. The summed E-state index contributed by atoms with van der Waals surface area (Å²) < 4.78 is 39.6. The fourth-order valence-electron chi connectivity index (χ4n) is 2.78. The molecule has 1 aromatic rings. The molecule has 7 heteroatoms. The summed E-state index contributed by atoms with van der Waals surface area (Å²) in [4.78, 5) is 2.28. The molecule has 0 unspecified atom stereocenters. The van der Waals surface area contributed by atoms with Crippen molar-refractivity contribution in [3.05, 3.63) is 33.8 Å². The Kier molecular flexibility index (Phi) is 7.65. The smallest absolute Gasteiger partial charge is 0.314 e. The molecule has 0 bridgehead atoms. The fraction of sp³-hybridized carbons (Fsp3) is 0.600. The zero-order valence-corrected chi connectivity index (χ0v) is 14.8. The van der Waals surface area contributed by atoms with Crippen molar-refractivity contribution in [1.82, 2.24) is 10.2 Å². The van der Waals surface area contributed by atoms with E-state index in [1.165, 1.54) is 12.1 Å². The minimum atomic E-state index is -4.30. The van der Waals surface area contributed by atoms with E-state index in [1.54, 1.807) is 0 Å². The Labute approximate surface area is 144 Å². The summed E-state index contributed by atoms with van der Waals surface area (Å²) in [5.41, 5.74) is 0.172. The first-order chi connectivity index (χ1) is 9.93. The number of benzene rings is 1. The van der Waals surface area contributed by atoms with E-state index >= 15 is 0 Å². The second-order valence-corrected chi connectivity index (χ2v) is 6.18. The Hall–Kier alpha value is -0.300. The van der Waals surface area contributed by atoms with Crippen LogP contribution < -0.4 is 5.32 Å². The molecule has 1 aromatic carbocycles. The molecular weight excluding hydrogens is 381 g/mol. The molecule has 1 saturated heterocycles. The van der Waals surface area contributed by atoms with Crippen LogP contribution in [-0.2, 0) is 6.18 Å². The predicted molar refractivity (Wildman–Crippen MR) is 88.5 cm³/mol. The van der Waals surface area contributed by atoms with Crippen LogP contribution in [0.3, 0.4) is 0 Å². The van der Waals surface area contributed by atoms with E-state index in [0.717, 1.165) is 55.1 Å². The van der Waals surface area contributed by atoms with Gasteiger partial charge in [-0.2, -0.15) is 13.2 Å². The number of nitrogens with zero attached hydrogens (tertiary/aromatic N) is 1. The SMILES string of the molecule is CCC[C@@H](c1cc(C(F)(F)F)ccc1Br)N1CCNCC1.Cl. The Balaban J connectivity index is 0.00000242. The second-order valence-electron chi connectivity index (χ2n) is 5.32. The summed E-state index contributed by atoms with van der Waals surface area (Å²) >= 11 is 3.42. The van der Waals surface area contributed by atoms with Gasteiger partial charge in [0.25, 0.3) is 0 Å². The molecule has 0 spiro atoms. The molecule has 1 aliphatic heterocycles. The quantitative estimate of drug-likeness (QED) is 0.791. The van der Waals surface area contributed by atoms with Gasteiger partial charge in [0.05, 0.1) is 5.56 Å². The first-order valence-electron chi connectivity index (χ1n) is 7.25. The average molecular weight is 402 g/mol. The van der Waals surface area contributed by atoms with Crippen LogP contribution in [0.2, 0.25) is 0 Å². The van der Waals surface area contributed by atoms with Crippen LogP contribution in [0.1, 0.15) is 36.9 Å². The molecule has 0 radical (unpaired) electrons. The number of hydrogen-bond donors (Lipinski definition) is 1. The molecule has 2 rings (SSSR count). The summed E-state index contributed by atoms with van der Waals surface area (Å²) in [7, 11) is 0. The standard InChI is InChI=1S/C15H20BrF3N2.ClH/c1-2-3-14(21-8-6-20-7-9-21)12-10-11(15(17,18)19)4-5-13(12)16;/h4-5,10,14,20H,2-3,6-9H2,1H3;1H/t14-;/m0./s1. The zero-order chi connectivity index (χ0) is 15.5. The van der Waals surface area contributed by atoms with E-state index in [2.05, 4.69) is 33.1 Å². The number of rotatable bonds is 4. The van der Waals surface area contributed by atoms with E-state index in [4.69, 9.17) is 0 Å². The van der Waals surface area contributed by atoms with Gasteiger partial charge in [-0.25, -0.2) is 0 Å². The largest absolute Gasteiger partial charge is 0.416 e.